The molecule has 1 N–H and O–H groups in total. The molecule has 0 aliphatic carbocycles. The molecule has 2 aromatic rings. The van der Waals surface area contributed by atoms with Crippen molar-refractivity contribution in [2.24, 2.45) is 5.92 Å². The van der Waals surface area contributed by atoms with Crippen LogP contribution in [0.4, 0.5) is 8.78 Å². The number of rotatable bonds is 5. The van der Waals surface area contributed by atoms with Crippen molar-refractivity contribution >= 4 is 45.1 Å². The van der Waals surface area contributed by atoms with Gasteiger partial charge in [0.05, 0.1) is 24.0 Å². The normalized spacial score (nSPS) is 25.6. The molecular formula is C29H34F2N4O5S. The Bertz CT molecular complexity index is 1360. The maximum Gasteiger partial charge on any atom is 0.270 e. The molecule has 6 rings (SSSR count). The molecule has 0 bridgehead atoms. The summed E-state index contributed by atoms with van der Waals surface area (Å²) in [4.78, 5) is 58.7. The molecule has 4 saturated heterocycles. The van der Waals surface area contributed by atoms with Crippen molar-refractivity contribution in [3.8, 4) is 0 Å². The van der Waals surface area contributed by atoms with Gasteiger partial charge >= 0.3 is 0 Å². The highest BCUT2D eigenvalue weighted by atomic mass is 32.1. The highest BCUT2D eigenvalue weighted by molar-refractivity contribution is 7.20. The summed E-state index contributed by atoms with van der Waals surface area (Å²) in [5, 5.41) is 3.42. The Balaban J connectivity index is 1.11. The van der Waals surface area contributed by atoms with Crippen LogP contribution in [-0.4, -0.2) is 95.8 Å². The van der Waals surface area contributed by atoms with E-state index in [9.17, 15) is 28.0 Å². The number of amides is 4. The monoisotopic (exact) mass is 588 g/mol. The number of carbonyl (C=O) groups is 4. The molecule has 220 valence electrons. The van der Waals surface area contributed by atoms with Gasteiger partial charge in [-0.25, -0.2) is 8.78 Å². The van der Waals surface area contributed by atoms with Crippen molar-refractivity contribution in [2.75, 3.05) is 39.4 Å². The maximum absolute atomic E-state index is 13.8. The number of alkyl halides is 2. The average Bonchev–Trinajstić information content (AvgIpc) is 3.51. The molecule has 5 heterocycles. The summed E-state index contributed by atoms with van der Waals surface area (Å²) in [7, 11) is 0. The fourth-order valence-electron chi connectivity index (χ4n) is 6.46. The highest BCUT2D eigenvalue weighted by Gasteiger charge is 2.48. The zero-order chi connectivity index (χ0) is 28.9. The van der Waals surface area contributed by atoms with Gasteiger partial charge in [0.1, 0.15) is 12.1 Å². The molecule has 4 aliphatic heterocycles. The van der Waals surface area contributed by atoms with E-state index in [0.717, 1.165) is 26.2 Å². The summed E-state index contributed by atoms with van der Waals surface area (Å²) in [6.07, 6.45) is 3.26. The number of halogens is 2. The molecule has 0 radical (unpaired) electrons. The number of carbonyl (C=O) groups excluding carboxylic acids is 4. The highest BCUT2D eigenvalue weighted by Crippen LogP contribution is 2.35. The van der Waals surface area contributed by atoms with Crippen LogP contribution in [0.5, 0.6) is 0 Å². The molecule has 0 saturated carbocycles. The Morgan fingerprint density at radius 3 is 2.49 bits per heavy atom. The minimum atomic E-state index is -2.99. The summed E-state index contributed by atoms with van der Waals surface area (Å²) in [6, 6.07) is 4.49. The topological polar surface area (TPSA) is 99.3 Å². The van der Waals surface area contributed by atoms with Crippen LogP contribution in [0.3, 0.4) is 0 Å². The van der Waals surface area contributed by atoms with Gasteiger partial charge in [0.15, 0.2) is 0 Å². The van der Waals surface area contributed by atoms with E-state index < -0.39 is 23.9 Å². The third-order valence-corrected chi connectivity index (χ3v) is 9.90. The van der Waals surface area contributed by atoms with Crippen molar-refractivity contribution in [3.63, 3.8) is 0 Å². The van der Waals surface area contributed by atoms with E-state index in [1.807, 2.05) is 0 Å². The average molecular weight is 589 g/mol. The zero-order valence-electron chi connectivity index (χ0n) is 22.9. The molecule has 1 aromatic carbocycles. The van der Waals surface area contributed by atoms with E-state index in [-0.39, 0.29) is 35.2 Å². The summed E-state index contributed by atoms with van der Waals surface area (Å²) in [5.74, 6) is -3.97. The second-order valence-corrected chi connectivity index (χ2v) is 12.7. The first-order chi connectivity index (χ1) is 19.6. The van der Waals surface area contributed by atoms with E-state index >= 15 is 0 Å². The number of nitrogens with zero attached hydrogens (tertiary/aromatic N) is 3. The number of nitrogens with one attached hydrogen (secondary N) is 1. The molecule has 41 heavy (non-hydrogen) atoms. The molecule has 1 unspecified atom stereocenters. The molecule has 4 amide bonds. The Kier molecular flexibility index (Phi) is 7.48. The van der Waals surface area contributed by atoms with Crippen molar-refractivity contribution in [1.82, 2.24) is 20.0 Å². The zero-order valence-corrected chi connectivity index (χ0v) is 23.8. The first kappa shape index (κ1) is 28.0. The van der Waals surface area contributed by atoms with E-state index in [4.69, 9.17) is 4.74 Å². The predicted octanol–water partition coefficient (Wildman–Crippen LogP) is 2.97. The number of likely N-dealkylation sites (tertiary alicyclic amines) is 1. The lowest BCUT2D eigenvalue weighted by atomic mass is 9.96. The van der Waals surface area contributed by atoms with Crippen LogP contribution in [0.15, 0.2) is 24.3 Å². The van der Waals surface area contributed by atoms with E-state index in [1.54, 1.807) is 26.8 Å². The third kappa shape index (κ3) is 5.43. The fraction of sp³-hybridized carbons (Fsp3) is 0.586. The molecule has 3 atom stereocenters. The van der Waals surface area contributed by atoms with Crippen LogP contribution in [0.2, 0.25) is 0 Å². The first-order valence-corrected chi connectivity index (χ1v) is 15.1. The number of thiophene rings is 1. The van der Waals surface area contributed by atoms with Gasteiger partial charge in [-0.1, -0.05) is 6.07 Å². The second kappa shape index (κ2) is 10.9. The lowest BCUT2D eigenvalue weighted by Crippen LogP contribution is -2.62. The Labute approximate surface area is 240 Å². The smallest absolute Gasteiger partial charge is 0.270 e. The lowest BCUT2D eigenvalue weighted by Gasteiger charge is -2.43. The standard InChI is InChI=1S/C29H34F2N4O5S/c1-29(30,31)19-5-8-23-17(13-19)14-24(41-23)25(36)32-21-4-2-3-20-6-7-22(35(20)27(21)38)28(39)34-15-18(16-34)26(37)33-9-11-40-12-10-33/h5,8,13-14,18,20-22H,2-4,6-7,9-12,15-16H2,1H3,(H,32,36)/t20-,21?,22-/m0/s1. The van der Waals surface area contributed by atoms with Gasteiger partial charge in [0.2, 0.25) is 17.7 Å². The van der Waals surface area contributed by atoms with Gasteiger partial charge in [-0.3, -0.25) is 19.2 Å². The number of hydrogen-bond donors (Lipinski definition) is 1. The summed E-state index contributed by atoms with van der Waals surface area (Å²) in [5.41, 5.74) is -0.122. The Morgan fingerprint density at radius 1 is 1.00 bits per heavy atom. The molecule has 1 aromatic heterocycles. The van der Waals surface area contributed by atoms with Crippen LogP contribution in [0.25, 0.3) is 10.1 Å². The molecule has 9 nitrogen and oxygen atoms in total. The van der Waals surface area contributed by atoms with Gasteiger partial charge < -0.3 is 24.8 Å². The van der Waals surface area contributed by atoms with Crippen LogP contribution >= 0.6 is 11.3 Å². The maximum atomic E-state index is 13.8. The SMILES string of the molecule is CC(F)(F)c1ccc2sc(C(=O)NC3CCC[C@H]4CC[C@@H](C(=O)N5CC(C(=O)N6CCOCC6)C5)N4C3=O)cc2c1. The Morgan fingerprint density at radius 2 is 1.76 bits per heavy atom. The van der Waals surface area contributed by atoms with Crippen LogP contribution in [0.1, 0.15) is 54.3 Å². The number of morpholine rings is 1. The Hall–Kier alpha value is -3.12. The predicted molar refractivity (Wildman–Crippen MR) is 148 cm³/mol. The van der Waals surface area contributed by atoms with Crippen molar-refractivity contribution < 1.29 is 32.7 Å². The van der Waals surface area contributed by atoms with Gasteiger partial charge in [-0.15, -0.1) is 11.3 Å². The largest absolute Gasteiger partial charge is 0.378 e. The van der Waals surface area contributed by atoms with Crippen LogP contribution in [0, 0.1) is 5.92 Å². The number of benzene rings is 1. The molecule has 4 aliphatic rings. The minimum Gasteiger partial charge on any atom is -0.378 e. The van der Waals surface area contributed by atoms with E-state index in [0.29, 0.717) is 67.2 Å². The fourth-order valence-corrected chi connectivity index (χ4v) is 7.41. The number of fused-ring (bicyclic) bond motifs is 2. The van der Waals surface area contributed by atoms with Crippen LogP contribution < -0.4 is 5.32 Å². The van der Waals surface area contributed by atoms with Crippen molar-refractivity contribution in [1.29, 1.82) is 0 Å². The lowest BCUT2D eigenvalue weighted by molar-refractivity contribution is -0.156. The third-order valence-electron chi connectivity index (χ3n) is 8.79. The van der Waals surface area contributed by atoms with Gasteiger partial charge in [0.25, 0.3) is 11.8 Å². The molecule has 4 fully saturated rings. The van der Waals surface area contributed by atoms with E-state index in [2.05, 4.69) is 5.32 Å². The quantitative estimate of drug-likeness (QED) is 0.579. The first-order valence-electron chi connectivity index (χ1n) is 14.3. The van der Waals surface area contributed by atoms with E-state index in [1.165, 1.54) is 23.5 Å². The molecular weight excluding hydrogens is 554 g/mol. The van der Waals surface area contributed by atoms with Gasteiger partial charge in [0, 0.05) is 49.4 Å². The van der Waals surface area contributed by atoms with Gasteiger partial charge in [-0.2, -0.15) is 0 Å². The van der Waals surface area contributed by atoms with Crippen molar-refractivity contribution in [3.05, 3.63) is 34.7 Å². The number of ether oxygens (including phenoxy) is 1. The summed E-state index contributed by atoms with van der Waals surface area (Å²) < 4.78 is 33.6. The minimum absolute atomic E-state index is 0.0520. The molecule has 12 heteroatoms. The molecule has 0 spiro atoms. The van der Waals surface area contributed by atoms with Crippen LogP contribution in [-0.2, 0) is 25.0 Å². The van der Waals surface area contributed by atoms with Crippen molar-refractivity contribution in [2.45, 2.75) is 63.1 Å². The number of hydrogen-bond acceptors (Lipinski definition) is 6. The second-order valence-electron chi connectivity index (χ2n) is 11.6. The van der Waals surface area contributed by atoms with Gasteiger partial charge in [-0.05, 0) is 55.7 Å². The summed E-state index contributed by atoms with van der Waals surface area (Å²) in [6.45, 7) is 3.75. The summed E-state index contributed by atoms with van der Waals surface area (Å²) >= 11 is 1.19.